The van der Waals surface area contributed by atoms with Gasteiger partial charge in [-0.15, -0.1) is 23.5 Å². The molecule has 0 N–H and O–H groups in total. The smallest absolute Gasteiger partial charge is 0.338 e. The fourth-order valence-electron chi connectivity index (χ4n) is 1.81. The van der Waals surface area contributed by atoms with Crippen LogP contribution in [0.4, 0.5) is 0 Å². The first-order valence-corrected chi connectivity index (χ1v) is 10.0. The van der Waals surface area contributed by atoms with E-state index in [4.69, 9.17) is 9.47 Å². The van der Waals surface area contributed by atoms with Gasteiger partial charge in [-0.3, -0.25) is 0 Å². The van der Waals surface area contributed by atoms with Crippen molar-refractivity contribution in [3.8, 4) is 11.5 Å². The zero-order valence-electron chi connectivity index (χ0n) is 15.2. The summed E-state index contributed by atoms with van der Waals surface area (Å²) in [6.07, 6.45) is 0. The summed E-state index contributed by atoms with van der Waals surface area (Å²) in [5.74, 6) is 0.110. The Balaban J connectivity index is 1.91. The van der Waals surface area contributed by atoms with E-state index in [9.17, 15) is 9.59 Å². The highest BCUT2D eigenvalue weighted by atomic mass is 32.2. The minimum atomic E-state index is -0.437. The summed E-state index contributed by atoms with van der Waals surface area (Å²) in [5.41, 5.74) is 0.715. The van der Waals surface area contributed by atoms with E-state index in [1.165, 1.54) is 0 Å². The molecule has 0 aliphatic heterocycles. The van der Waals surface area contributed by atoms with Crippen LogP contribution in [-0.4, -0.2) is 17.0 Å². The van der Waals surface area contributed by atoms with Gasteiger partial charge >= 0.3 is 11.9 Å². The van der Waals surface area contributed by atoms with Crippen molar-refractivity contribution in [1.29, 1.82) is 0 Å². The molecule has 6 heteroatoms. The van der Waals surface area contributed by atoms with Crippen molar-refractivity contribution < 1.29 is 19.1 Å². The fourth-order valence-corrected chi connectivity index (χ4v) is 3.88. The van der Waals surface area contributed by atoms with E-state index < -0.39 is 11.9 Å². The largest absolute Gasteiger partial charge is 0.423 e. The Morgan fingerprint density at radius 3 is 1.59 bits per heavy atom. The molecule has 2 rings (SSSR count). The van der Waals surface area contributed by atoms with Gasteiger partial charge in [-0.25, -0.2) is 9.59 Å². The Labute approximate surface area is 167 Å². The normalized spacial score (nSPS) is 10.1. The lowest BCUT2D eigenvalue weighted by atomic mass is 10.3. The minimum absolute atomic E-state index is 0.357. The third kappa shape index (κ3) is 7.00. The van der Waals surface area contributed by atoms with Crippen LogP contribution in [0.15, 0.2) is 82.6 Å². The topological polar surface area (TPSA) is 52.6 Å². The molecule has 0 aliphatic carbocycles. The second-order valence-electron chi connectivity index (χ2n) is 5.70. The Hall–Kier alpha value is -2.44. The summed E-state index contributed by atoms with van der Waals surface area (Å²) in [6.45, 7) is 10.4. The summed E-state index contributed by atoms with van der Waals surface area (Å²) in [7, 11) is 0. The molecule has 140 valence electrons. The van der Waals surface area contributed by atoms with Gasteiger partial charge in [0.1, 0.15) is 11.5 Å². The van der Waals surface area contributed by atoms with Gasteiger partial charge in [0.05, 0.1) is 0 Å². The highest BCUT2D eigenvalue weighted by Crippen LogP contribution is 2.31. The van der Waals surface area contributed by atoms with Crippen LogP contribution in [-0.2, 0) is 9.59 Å². The lowest BCUT2D eigenvalue weighted by molar-refractivity contribution is -0.130. The second kappa shape index (κ2) is 10.0. The number of carbonyl (C=O) groups is 2. The molecule has 27 heavy (non-hydrogen) atoms. The van der Waals surface area contributed by atoms with Crippen LogP contribution in [0.2, 0.25) is 0 Å². The van der Waals surface area contributed by atoms with Gasteiger partial charge in [-0.1, -0.05) is 25.3 Å². The average Bonchev–Trinajstić information content (AvgIpc) is 2.62. The first-order chi connectivity index (χ1) is 12.8. The summed E-state index contributed by atoms with van der Waals surface area (Å²) in [4.78, 5) is 25.2. The molecule has 2 aromatic carbocycles. The van der Waals surface area contributed by atoms with Crippen molar-refractivity contribution in [3.63, 3.8) is 0 Å². The van der Waals surface area contributed by atoms with Crippen molar-refractivity contribution in [2.24, 2.45) is 0 Å². The molecule has 0 fully saturated rings. The summed E-state index contributed by atoms with van der Waals surface area (Å²) >= 11 is 3.23. The summed E-state index contributed by atoms with van der Waals surface area (Å²) in [5, 5.41) is 0.746. The Kier molecular flexibility index (Phi) is 7.76. The SMILES string of the molecule is C=C(C)C(=O)Oc1cccc(SCSc2cccc(OC(=O)C(=C)C)c2)c1. The molecule has 0 saturated carbocycles. The number of benzene rings is 2. The molecule has 0 amide bonds. The van der Waals surface area contributed by atoms with Gasteiger partial charge in [0.2, 0.25) is 0 Å². The average molecular weight is 401 g/mol. The van der Waals surface area contributed by atoms with Gasteiger partial charge in [0.15, 0.2) is 0 Å². The van der Waals surface area contributed by atoms with Crippen molar-refractivity contribution in [2.75, 3.05) is 5.08 Å². The zero-order chi connectivity index (χ0) is 19.8. The standard InChI is InChI=1S/C21H20O4S2/c1-14(2)20(22)24-16-7-5-9-18(11-16)26-13-27-19-10-6-8-17(12-19)25-21(23)15(3)4/h5-12H,1,3,13H2,2,4H3. The number of carbonyl (C=O) groups excluding carboxylic acids is 2. The lowest BCUT2D eigenvalue weighted by Gasteiger charge is -2.07. The van der Waals surface area contributed by atoms with E-state index in [0.717, 1.165) is 14.9 Å². The van der Waals surface area contributed by atoms with Crippen LogP contribution in [0.1, 0.15) is 13.8 Å². The molecule has 0 aromatic heterocycles. The highest BCUT2D eigenvalue weighted by molar-refractivity contribution is 8.16. The number of thioether (sulfide) groups is 2. The van der Waals surface area contributed by atoms with Crippen LogP contribution in [0.3, 0.4) is 0 Å². The first-order valence-electron chi connectivity index (χ1n) is 8.06. The van der Waals surface area contributed by atoms with E-state index in [2.05, 4.69) is 13.2 Å². The van der Waals surface area contributed by atoms with Gasteiger partial charge in [0.25, 0.3) is 0 Å². The van der Waals surface area contributed by atoms with Crippen LogP contribution in [0.5, 0.6) is 11.5 Å². The quantitative estimate of drug-likeness (QED) is 0.192. The molecule has 4 nitrogen and oxygen atoms in total. The second-order valence-corrected chi connectivity index (χ2v) is 8.16. The lowest BCUT2D eigenvalue weighted by Crippen LogP contribution is -2.08. The van der Waals surface area contributed by atoms with Gasteiger partial charge in [0, 0.05) is 26.0 Å². The molecule has 0 atom stereocenters. The first kappa shape index (κ1) is 20.9. The molecule has 0 spiro atoms. The van der Waals surface area contributed by atoms with E-state index in [1.54, 1.807) is 49.5 Å². The van der Waals surface area contributed by atoms with E-state index in [-0.39, 0.29) is 0 Å². The number of rotatable bonds is 8. The van der Waals surface area contributed by atoms with Crippen LogP contribution in [0, 0.1) is 0 Å². The van der Waals surface area contributed by atoms with Crippen LogP contribution >= 0.6 is 23.5 Å². The van der Waals surface area contributed by atoms with Crippen molar-refractivity contribution >= 4 is 35.5 Å². The molecule has 0 heterocycles. The zero-order valence-corrected chi connectivity index (χ0v) is 16.8. The number of hydrogen-bond donors (Lipinski definition) is 0. The molecule has 2 aromatic rings. The van der Waals surface area contributed by atoms with Gasteiger partial charge in [-0.2, -0.15) is 0 Å². The monoisotopic (exact) mass is 400 g/mol. The Morgan fingerprint density at radius 1 is 0.815 bits per heavy atom. The number of esters is 2. The molecule has 0 aliphatic rings. The molecule has 0 bridgehead atoms. The predicted molar refractivity (Wildman–Crippen MR) is 110 cm³/mol. The summed E-state index contributed by atoms with van der Waals surface area (Å²) < 4.78 is 10.5. The van der Waals surface area contributed by atoms with Crippen molar-refractivity contribution in [1.82, 2.24) is 0 Å². The van der Waals surface area contributed by atoms with Crippen molar-refractivity contribution in [2.45, 2.75) is 23.6 Å². The maximum atomic E-state index is 11.6. The van der Waals surface area contributed by atoms with E-state index in [0.29, 0.717) is 22.6 Å². The highest BCUT2D eigenvalue weighted by Gasteiger charge is 2.08. The van der Waals surface area contributed by atoms with Crippen LogP contribution < -0.4 is 9.47 Å². The predicted octanol–water partition coefficient (Wildman–Crippen LogP) is 5.49. The maximum absolute atomic E-state index is 11.6. The molecule has 0 saturated heterocycles. The minimum Gasteiger partial charge on any atom is -0.423 e. The fraction of sp³-hybridized carbons (Fsp3) is 0.143. The molecule has 0 radical (unpaired) electrons. The molecule has 0 unspecified atom stereocenters. The Bertz CT molecular complexity index is 802. The Morgan fingerprint density at radius 2 is 1.22 bits per heavy atom. The van der Waals surface area contributed by atoms with Gasteiger partial charge < -0.3 is 9.47 Å². The maximum Gasteiger partial charge on any atom is 0.338 e. The third-order valence-corrected chi connectivity index (χ3v) is 5.30. The van der Waals surface area contributed by atoms with E-state index >= 15 is 0 Å². The number of hydrogen-bond acceptors (Lipinski definition) is 6. The number of ether oxygens (including phenoxy) is 2. The van der Waals surface area contributed by atoms with Gasteiger partial charge in [-0.05, 0) is 50.2 Å². The van der Waals surface area contributed by atoms with Crippen LogP contribution in [0.25, 0.3) is 0 Å². The molecular weight excluding hydrogens is 380 g/mol. The van der Waals surface area contributed by atoms with Crippen molar-refractivity contribution in [3.05, 3.63) is 72.8 Å². The summed E-state index contributed by atoms with van der Waals surface area (Å²) in [6, 6.07) is 14.7. The molecular formula is C21H20O4S2. The van der Waals surface area contributed by atoms with E-state index in [1.807, 2.05) is 36.4 Å². The third-order valence-electron chi connectivity index (χ3n) is 3.18.